The van der Waals surface area contributed by atoms with Gasteiger partial charge in [-0.05, 0) is 38.0 Å². The van der Waals surface area contributed by atoms with Gasteiger partial charge in [0.25, 0.3) is 0 Å². The smallest absolute Gasteiger partial charge is 0.123 e. The number of fused-ring (bicyclic) bond motifs is 1. The van der Waals surface area contributed by atoms with Gasteiger partial charge in [0.2, 0.25) is 0 Å². The molecule has 70 valence electrons. The number of benzene rings is 1. The molecule has 13 heavy (non-hydrogen) atoms. The average molecular weight is 178 g/mol. The lowest BCUT2D eigenvalue weighted by Crippen LogP contribution is -2.05. The Balaban J connectivity index is 2.60. The predicted octanol–water partition coefficient (Wildman–Crippen LogP) is 2.33. The molecule has 1 aliphatic rings. The monoisotopic (exact) mass is 178 g/mol. The molecule has 1 unspecified atom stereocenters. The molecule has 0 amide bonds. The topological polar surface area (TPSA) is 29.5 Å². The Bertz CT molecular complexity index is 356. The highest BCUT2D eigenvalue weighted by molar-refractivity contribution is 5.53. The third-order valence-corrected chi connectivity index (χ3v) is 2.65. The van der Waals surface area contributed by atoms with Gasteiger partial charge in [-0.2, -0.15) is 0 Å². The zero-order valence-electron chi connectivity index (χ0n) is 8.22. The van der Waals surface area contributed by atoms with Crippen LogP contribution in [0.15, 0.2) is 6.07 Å². The molecule has 1 aliphatic heterocycles. The minimum Gasteiger partial charge on any atom is -0.507 e. The summed E-state index contributed by atoms with van der Waals surface area (Å²) in [4.78, 5) is 0. The van der Waals surface area contributed by atoms with Crippen LogP contribution in [0.25, 0.3) is 0 Å². The van der Waals surface area contributed by atoms with E-state index in [-0.39, 0.29) is 6.10 Å². The van der Waals surface area contributed by atoms with Gasteiger partial charge < -0.3 is 9.84 Å². The number of aromatic hydroxyl groups is 1. The summed E-state index contributed by atoms with van der Waals surface area (Å²) < 4.78 is 5.61. The van der Waals surface area contributed by atoms with Crippen molar-refractivity contribution < 1.29 is 9.84 Å². The molecule has 1 aromatic rings. The van der Waals surface area contributed by atoms with Gasteiger partial charge in [-0.1, -0.05) is 0 Å². The lowest BCUT2D eigenvalue weighted by Gasteiger charge is -2.07. The molecule has 2 heteroatoms. The van der Waals surface area contributed by atoms with Gasteiger partial charge in [0.1, 0.15) is 17.6 Å². The zero-order valence-corrected chi connectivity index (χ0v) is 8.22. The Morgan fingerprint density at radius 3 is 2.85 bits per heavy atom. The molecule has 1 heterocycles. The van der Waals surface area contributed by atoms with Crippen molar-refractivity contribution in [3.63, 3.8) is 0 Å². The van der Waals surface area contributed by atoms with Gasteiger partial charge in [-0.25, -0.2) is 0 Å². The van der Waals surface area contributed by atoms with E-state index in [0.717, 1.165) is 28.9 Å². The zero-order chi connectivity index (χ0) is 9.59. The van der Waals surface area contributed by atoms with E-state index in [1.165, 1.54) is 0 Å². The molecule has 0 aliphatic carbocycles. The van der Waals surface area contributed by atoms with Gasteiger partial charge in [-0.15, -0.1) is 0 Å². The van der Waals surface area contributed by atoms with Crippen LogP contribution in [0.3, 0.4) is 0 Å². The van der Waals surface area contributed by atoms with E-state index in [2.05, 4.69) is 0 Å². The molecular formula is C11H14O2. The second kappa shape index (κ2) is 2.66. The minimum atomic E-state index is 0.245. The summed E-state index contributed by atoms with van der Waals surface area (Å²) in [5, 5.41) is 9.70. The summed E-state index contributed by atoms with van der Waals surface area (Å²) >= 11 is 0. The molecule has 0 bridgehead atoms. The van der Waals surface area contributed by atoms with Crippen molar-refractivity contribution in [3.05, 3.63) is 22.8 Å². The highest BCUT2D eigenvalue weighted by Gasteiger charge is 2.23. The second-order valence-corrected chi connectivity index (χ2v) is 3.78. The third kappa shape index (κ3) is 1.17. The fourth-order valence-corrected chi connectivity index (χ4v) is 1.88. The highest BCUT2D eigenvalue weighted by Crippen LogP contribution is 2.37. The first-order chi connectivity index (χ1) is 6.09. The SMILES string of the molecule is Cc1cc2c(c(C)c1O)CC(C)O2. The van der Waals surface area contributed by atoms with E-state index in [9.17, 15) is 5.11 Å². The van der Waals surface area contributed by atoms with Crippen molar-refractivity contribution >= 4 is 0 Å². The fourth-order valence-electron chi connectivity index (χ4n) is 1.88. The van der Waals surface area contributed by atoms with Crippen LogP contribution in [-0.2, 0) is 6.42 Å². The van der Waals surface area contributed by atoms with Crippen molar-refractivity contribution in [3.8, 4) is 11.5 Å². The summed E-state index contributed by atoms with van der Waals surface area (Å²) in [5.74, 6) is 1.36. The van der Waals surface area contributed by atoms with Crippen molar-refractivity contribution in [2.24, 2.45) is 0 Å². The molecule has 0 fully saturated rings. The molecule has 1 atom stereocenters. The fraction of sp³-hybridized carbons (Fsp3) is 0.455. The van der Waals surface area contributed by atoms with Crippen LogP contribution in [0.1, 0.15) is 23.6 Å². The van der Waals surface area contributed by atoms with Crippen molar-refractivity contribution in [2.45, 2.75) is 33.3 Å². The molecule has 0 radical (unpaired) electrons. The third-order valence-electron chi connectivity index (χ3n) is 2.65. The van der Waals surface area contributed by atoms with Gasteiger partial charge in [-0.3, -0.25) is 0 Å². The van der Waals surface area contributed by atoms with Crippen LogP contribution < -0.4 is 4.74 Å². The maximum absolute atomic E-state index is 9.70. The molecule has 2 nitrogen and oxygen atoms in total. The van der Waals surface area contributed by atoms with Gasteiger partial charge in [0.05, 0.1) is 0 Å². The summed E-state index contributed by atoms with van der Waals surface area (Å²) in [7, 11) is 0. The first kappa shape index (κ1) is 8.42. The normalized spacial score (nSPS) is 19.8. The summed E-state index contributed by atoms with van der Waals surface area (Å²) in [6.07, 6.45) is 1.16. The van der Waals surface area contributed by atoms with Crippen molar-refractivity contribution in [1.29, 1.82) is 0 Å². The first-order valence-corrected chi connectivity index (χ1v) is 4.58. The maximum Gasteiger partial charge on any atom is 0.123 e. The van der Waals surface area contributed by atoms with E-state index in [4.69, 9.17) is 4.74 Å². The quantitative estimate of drug-likeness (QED) is 0.660. The minimum absolute atomic E-state index is 0.245. The Kier molecular flexibility index (Phi) is 1.72. The number of aryl methyl sites for hydroxylation is 1. The molecule has 2 rings (SSSR count). The van der Waals surface area contributed by atoms with Crippen LogP contribution >= 0.6 is 0 Å². The predicted molar refractivity (Wildman–Crippen MR) is 51.4 cm³/mol. The maximum atomic E-state index is 9.70. The van der Waals surface area contributed by atoms with E-state index in [0.29, 0.717) is 5.75 Å². The van der Waals surface area contributed by atoms with E-state index >= 15 is 0 Å². The molecule has 0 saturated heterocycles. The van der Waals surface area contributed by atoms with Gasteiger partial charge in [0.15, 0.2) is 0 Å². The lowest BCUT2D eigenvalue weighted by molar-refractivity contribution is 0.254. The number of hydrogen-bond acceptors (Lipinski definition) is 2. The van der Waals surface area contributed by atoms with Crippen LogP contribution in [0.2, 0.25) is 0 Å². The summed E-state index contributed by atoms with van der Waals surface area (Å²) in [5.41, 5.74) is 3.03. The average Bonchev–Trinajstić information content (AvgIpc) is 2.42. The van der Waals surface area contributed by atoms with Crippen LogP contribution in [-0.4, -0.2) is 11.2 Å². The summed E-state index contributed by atoms with van der Waals surface area (Å²) in [6.45, 7) is 5.89. The van der Waals surface area contributed by atoms with Crippen molar-refractivity contribution in [2.75, 3.05) is 0 Å². The highest BCUT2D eigenvalue weighted by atomic mass is 16.5. The second-order valence-electron chi connectivity index (χ2n) is 3.78. The lowest BCUT2D eigenvalue weighted by atomic mass is 10.0. The standard InChI is InChI=1S/C11H14O2/c1-6-4-10-9(5-7(2)13-10)8(3)11(6)12/h4,7,12H,5H2,1-3H3. The largest absolute Gasteiger partial charge is 0.507 e. The number of phenolic OH excluding ortho intramolecular Hbond substituents is 1. The van der Waals surface area contributed by atoms with Crippen LogP contribution in [0.4, 0.5) is 0 Å². The Hall–Kier alpha value is -1.18. The molecule has 1 aromatic carbocycles. The number of hydrogen-bond donors (Lipinski definition) is 1. The van der Waals surface area contributed by atoms with Crippen LogP contribution in [0, 0.1) is 13.8 Å². The molecule has 0 saturated carbocycles. The molecule has 0 aromatic heterocycles. The van der Waals surface area contributed by atoms with E-state index in [1.54, 1.807) is 0 Å². The number of ether oxygens (including phenoxy) is 1. The molecule has 1 N–H and O–H groups in total. The Morgan fingerprint density at radius 1 is 1.46 bits per heavy atom. The van der Waals surface area contributed by atoms with Crippen LogP contribution in [0.5, 0.6) is 11.5 Å². The molecule has 0 spiro atoms. The van der Waals surface area contributed by atoms with E-state index in [1.807, 2.05) is 26.8 Å². The van der Waals surface area contributed by atoms with Crippen molar-refractivity contribution in [1.82, 2.24) is 0 Å². The summed E-state index contributed by atoms with van der Waals surface area (Å²) in [6, 6.07) is 1.92. The number of phenols is 1. The number of rotatable bonds is 0. The first-order valence-electron chi connectivity index (χ1n) is 4.58. The van der Waals surface area contributed by atoms with Gasteiger partial charge >= 0.3 is 0 Å². The van der Waals surface area contributed by atoms with E-state index < -0.39 is 0 Å². The molecular weight excluding hydrogens is 164 g/mol. The van der Waals surface area contributed by atoms with Gasteiger partial charge in [0, 0.05) is 12.0 Å². The Morgan fingerprint density at radius 2 is 2.15 bits per heavy atom. The Labute approximate surface area is 78.2 Å².